The van der Waals surface area contributed by atoms with Crippen LogP contribution in [0.15, 0.2) is 12.1 Å². The molecule has 0 aromatic heterocycles. The van der Waals surface area contributed by atoms with Crippen LogP contribution in [-0.2, 0) is 4.74 Å². The number of rotatable bonds is 2. The standard InChI is InChI=1S/C15H18F3NOS/c16-11-1-2-12(14(18)13(11)17)19-10-3-6-20-15(9-10)4-7-21-8-5-15/h1-2,10,19H,3-9H2. The molecule has 2 fully saturated rings. The van der Waals surface area contributed by atoms with Crippen LogP contribution in [0.1, 0.15) is 25.7 Å². The van der Waals surface area contributed by atoms with Gasteiger partial charge in [-0.15, -0.1) is 0 Å². The van der Waals surface area contributed by atoms with E-state index < -0.39 is 17.5 Å². The molecule has 1 atom stereocenters. The van der Waals surface area contributed by atoms with E-state index in [0.29, 0.717) is 6.61 Å². The lowest BCUT2D eigenvalue weighted by molar-refractivity contribution is -0.0866. The van der Waals surface area contributed by atoms with Gasteiger partial charge in [0.05, 0.1) is 11.3 Å². The van der Waals surface area contributed by atoms with Crippen LogP contribution < -0.4 is 5.32 Å². The zero-order valence-electron chi connectivity index (χ0n) is 11.6. The molecule has 0 radical (unpaired) electrons. The predicted octanol–water partition coefficient (Wildman–Crippen LogP) is 3.96. The lowest BCUT2D eigenvalue weighted by Crippen LogP contribution is -2.46. The molecule has 21 heavy (non-hydrogen) atoms. The number of halogens is 3. The third-order valence-corrected chi connectivity index (χ3v) is 5.28. The van der Waals surface area contributed by atoms with Crippen molar-refractivity contribution in [1.82, 2.24) is 0 Å². The molecule has 0 amide bonds. The van der Waals surface area contributed by atoms with Gasteiger partial charge < -0.3 is 10.1 Å². The van der Waals surface area contributed by atoms with Gasteiger partial charge >= 0.3 is 0 Å². The van der Waals surface area contributed by atoms with Crippen LogP contribution in [0.5, 0.6) is 0 Å². The minimum atomic E-state index is -1.42. The highest BCUT2D eigenvalue weighted by atomic mass is 32.2. The first-order valence-electron chi connectivity index (χ1n) is 7.21. The molecule has 1 aromatic rings. The van der Waals surface area contributed by atoms with Gasteiger partial charge in [-0.3, -0.25) is 0 Å². The second-order valence-corrected chi connectivity index (χ2v) is 6.93. The predicted molar refractivity (Wildman–Crippen MR) is 78.2 cm³/mol. The highest BCUT2D eigenvalue weighted by Gasteiger charge is 2.38. The van der Waals surface area contributed by atoms with Crippen LogP contribution in [0.25, 0.3) is 0 Å². The van der Waals surface area contributed by atoms with E-state index in [0.717, 1.165) is 43.3 Å². The van der Waals surface area contributed by atoms with Gasteiger partial charge in [-0.1, -0.05) is 0 Å². The number of hydrogen-bond donors (Lipinski definition) is 1. The molecule has 2 aliphatic rings. The van der Waals surface area contributed by atoms with Crippen molar-refractivity contribution in [3.05, 3.63) is 29.6 Å². The number of hydrogen-bond acceptors (Lipinski definition) is 3. The van der Waals surface area contributed by atoms with Gasteiger partial charge in [-0.2, -0.15) is 11.8 Å². The molecular formula is C15H18F3NOS. The fourth-order valence-corrected chi connectivity index (χ4v) is 4.34. The molecule has 2 nitrogen and oxygen atoms in total. The molecule has 3 rings (SSSR count). The first-order chi connectivity index (χ1) is 10.1. The Morgan fingerprint density at radius 3 is 2.67 bits per heavy atom. The Morgan fingerprint density at radius 2 is 1.90 bits per heavy atom. The van der Waals surface area contributed by atoms with Crippen molar-refractivity contribution < 1.29 is 17.9 Å². The smallest absolute Gasteiger partial charge is 0.196 e. The van der Waals surface area contributed by atoms with E-state index in [1.807, 2.05) is 11.8 Å². The van der Waals surface area contributed by atoms with E-state index in [1.54, 1.807) is 0 Å². The molecule has 6 heteroatoms. The largest absolute Gasteiger partial charge is 0.380 e. The van der Waals surface area contributed by atoms with Gasteiger partial charge in [0.2, 0.25) is 0 Å². The van der Waals surface area contributed by atoms with Crippen LogP contribution in [0, 0.1) is 17.5 Å². The average molecular weight is 317 g/mol. The van der Waals surface area contributed by atoms with Crippen molar-refractivity contribution in [2.24, 2.45) is 0 Å². The Hall–Kier alpha value is -0.880. The number of thioether (sulfide) groups is 1. The van der Waals surface area contributed by atoms with Crippen molar-refractivity contribution in [3.63, 3.8) is 0 Å². The number of nitrogens with one attached hydrogen (secondary N) is 1. The lowest BCUT2D eigenvalue weighted by atomic mass is 9.85. The van der Waals surface area contributed by atoms with Crippen molar-refractivity contribution in [3.8, 4) is 0 Å². The first-order valence-corrected chi connectivity index (χ1v) is 8.37. The van der Waals surface area contributed by atoms with Crippen LogP contribution in [-0.4, -0.2) is 29.8 Å². The quantitative estimate of drug-likeness (QED) is 0.834. The SMILES string of the molecule is Fc1ccc(NC2CCOC3(CCSCC3)C2)c(F)c1F. The summed E-state index contributed by atoms with van der Waals surface area (Å²) in [6, 6.07) is 2.24. The second kappa shape index (κ2) is 6.08. The van der Waals surface area contributed by atoms with E-state index in [2.05, 4.69) is 5.32 Å². The third-order valence-electron chi connectivity index (χ3n) is 4.29. The normalized spacial score (nSPS) is 25.0. The maximum Gasteiger partial charge on any atom is 0.196 e. The summed E-state index contributed by atoms with van der Waals surface area (Å²) in [6.45, 7) is 0.619. The summed E-state index contributed by atoms with van der Waals surface area (Å²) in [5.41, 5.74) is -0.0999. The molecule has 1 unspecified atom stereocenters. The maximum absolute atomic E-state index is 13.7. The fraction of sp³-hybridized carbons (Fsp3) is 0.600. The van der Waals surface area contributed by atoms with Crippen LogP contribution in [0.3, 0.4) is 0 Å². The Morgan fingerprint density at radius 1 is 1.14 bits per heavy atom. The van der Waals surface area contributed by atoms with E-state index >= 15 is 0 Å². The van der Waals surface area contributed by atoms with E-state index in [9.17, 15) is 13.2 Å². The van der Waals surface area contributed by atoms with Crippen LogP contribution in [0.2, 0.25) is 0 Å². The zero-order valence-corrected chi connectivity index (χ0v) is 12.4. The lowest BCUT2D eigenvalue weighted by Gasteiger charge is -2.43. The Kier molecular flexibility index (Phi) is 4.36. The third kappa shape index (κ3) is 3.16. The average Bonchev–Trinajstić information content (AvgIpc) is 2.49. The van der Waals surface area contributed by atoms with Gasteiger partial charge in [0.1, 0.15) is 0 Å². The Balaban J connectivity index is 1.71. The summed E-state index contributed by atoms with van der Waals surface area (Å²) >= 11 is 1.92. The Bertz CT molecular complexity index is 514. The van der Waals surface area contributed by atoms with E-state index in [-0.39, 0.29) is 17.3 Å². The molecule has 0 aliphatic carbocycles. The van der Waals surface area contributed by atoms with Crippen molar-refractivity contribution >= 4 is 17.4 Å². The molecule has 2 aliphatic heterocycles. The van der Waals surface area contributed by atoms with E-state index in [4.69, 9.17) is 4.74 Å². The summed E-state index contributed by atoms with van der Waals surface area (Å²) in [5.74, 6) is -1.57. The van der Waals surface area contributed by atoms with Crippen molar-refractivity contribution in [2.45, 2.75) is 37.3 Å². The van der Waals surface area contributed by atoms with Crippen molar-refractivity contribution in [2.75, 3.05) is 23.4 Å². The van der Waals surface area contributed by atoms with Gasteiger partial charge in [-0.05, 0) is 49.3 Å². The number of benzene rings is 1. The Labute approximate surface area is 126 Å². The molecule has 1 aromatic carbocycles. The van der Waals surface area contributed by atoms with Gasteiger partial charge in [0.25, 0.3) is 0 Å². The second-order valence-electron chi connectivity index (χ2n) is 5.70. The summed E-state index contributed by atoms with van der Waals surface area (Å²) in [5, 5.41) is 3.02. The summed E-state index contributed by atoms with van der Waals surface area (Å²) < 4.78 is 45.9. The fourth-order valence-electron chi connectivity index (χ4n) is 3.10. The summed E-state index contributed by atoms with van der Waals surface area (Å²) in [6.07, 6.45) is 3.52. The minimum absolute atomic E-state index is 0.0288. The molecular weight excluding hydrogens is 299 g/mol. The van der Waals surface area contributed by atoms with Crippen LogP contribution >= 0.6 is 11.8 Å². The summed E-state index contributed by atoms with van der Waals surface area (Å²) in [4.78, 5) is 0. The molecule has 2 heterocycles. The van der Waals surface area contributed by atoms with Gasteiger partial charge in [0.15, 0.2) is 17.5 Å². The molecule has 1 spiro atoms. The monoisotopic (exact) mass is 317 g/mol. The number of ether oxygens (including phenoxy) is 1. The molecule has 2 saturated heterocycles. The molecule has 1 N–H and O–H groups in total. The van der Waals surface area contributed by atoms with E-state index in [1.165, 1.54) is 6.07 Å². The highest BCUT2D eigenvalue weighted by molar-refractivity contribution is 7.99. The van der Waals surface area contributed by atoms with Gasteiger partial charge in [-0.25, -0.2) is 13.2 Å². The maximum atomic E-state index is 13.7. The van der Waals surface area contributed by atoms with Crippen molar-refractivity contribution in [1.29, 1.82) is 0 Å². The number of anilines is 1. The molecule has 0 saturated carbocycles. The minimum Gasteiger partial charge on any atom is -0.380 e. The first kappa shape index (κ1) is 15.0. The van der Waals surface area contributed by atoms with Crippen LogP contribution in [0.4, 0.5) is 18.9 Å². The van der Waals surface area contributed by atoms with Gasteiger partial charge in [0, 0.05) is 12.6 Å². The topological polar surface area (TPSA) is 21.3 Å². The molecule has 0 bridgehead atoms. The zero-order chi connectivity index (χ0) is 14.9. The highest BCUT2D eigenvalue weighted by Crippen LogP contribution is 2.38. The molecule has 116 valence electrons. The summed E-state index contributed by atoms with van der Waals surface area (Å²) in [7, 11) is 0.